The summed E-state index contributed by atoms with van der Waals surface area (Å²) in [5.41, 5.74) is 1.75. The lowest BCUT2D eigenvalue weighted by molar-refractivity contribution is 0.0470. The molecule has 2 aromatic carbocycles. The molecule has 2 aliphatic heterocycles. The third kappa shape index (κ3) is 10.6. The Labute approximate surface area is 220 Å². The Morgan fingerprint density at radius 3 is 1.84 bits per heavy atom. The minimum Gasteiger partial charge on any atom is -0.494 e. The molecule has 0 radical (unpaired) electrons. The third-order valence-corrected chi connectivity index (χ3v) is 6.59. The van der Waals surface area contributed by atoms with E-state index >= 15 is 0 Å². The van der Waals surface area contributed by atoms with Crippen LogP contribution in [0.5, 0.6) is 11.5 Å². The van der Waals surface area contributed by atoms with Gasteiger partial charge in [-0.3, -0.25) is 0 Å². The Morgan fingerprint density at radius 2 is 1.30 bits per heavy atom. The van der Waals surface area contributed by atoms with E-state index in [9.17, 15) is 4.39 Å². The van der Waals surface area contributed by atoms with Gasteiger partial charge in [0, 0.05) is 0 Å². The molecule has 0 bridgehead atoms. The molecule has 0 N–H and O–H groups in total. The summed E-state index contributed by atoms with van der Waals surface area (Å²) in [6, 6.07) is 12.9. The van der Waals surface area contributed by atoms with Crippen molar-refractivity contribution in [2.24, 2.45) is 0 Å². The first-order chi connectivity index (χ1) is 18.1. The molecule has 2 heterocycles. The number of ether oxygens (including phenoxy) is 6. The van der Waals surface area contributed by atoms with Crippen LogP contribution in [-0.2, 0) is 18.9 Å². The van der Waals surface area contributed by atoms with Crippen LogP contribution >= 0.6 is 0 Å². The predicted molar refractivity (Wildman–Crippen MR) is 141 cm³/mol. The molecule has 0 spiro atoms. The maximum Gasteiger partial charge on any atom is 0.165 e. The standard InChI is InChI=1S/C30H41FO6/c1-22(34-18-27-20-36-27)7-3-5-15-32-26-12-9-24(10-13-26)25-11-14-30(29(31)17-25)33-16-6-4-8-23(2)35-19-28-21-37-28/h9-14,17,22-23,27-28H,3-8,15-16,18-21H2,1-2H3. The Balaban J connectivity index is 1.10. The van der Waals surface area contributed by atoms with Crippen LogP contribution < -0.4 is 9.47 Å². The van der Waals surface area contributed by atoms with Gasteiger partial charge in [0.2, 0.25) is 0 Å². The summed E-state index contributed by atoms with van der Waals surface area (Å²) in [4.78, 5) is 0. The highest BCUT2D eigenvalue weighted by Crippen LogP contribution is 2.27. The van der Waals surface area contributed by atoms with Crippen LogP contribution in [0.4, 0.5) is 4.39 Å². The van der Waals surface area contributed by atoms with Gasteiger partial charge in [-0.15, -0.1) is 0 Å². The van der Waals surface area contributed by atoms with Crippen molar-refractivity contribution in [3.63, 3.8) is 0 Å². The molecule has 2 fully saturated rings. The lowest BCUT2D eigenvalue weighted by atomic mass is 10.1. The van der Waals surface area contributed by atoms with Crippen LogP contribution in [0.15, 0.2) is 42.5 Å². The highest BCUT2D eigenvalue weighted by atomic mass is 19.1. The summed E-state index contributed by atoms with van der Waals surface area (Å²) in [5.74, 6) is 0.765. The van der Waals surface area contributed by atoms with Gasteiger partial charge < -0.3 is 28.4 Å². The summed E-state index contributed by atoms with van der Waals surface area (Å²) in [5, 5.41) is 0. The van der Waals surface area contributed by atoms with E-state index in [-0.39, 0.29) is 18.0 Å². The zero-order valence-corrected chi connectivity index (χ0v) is 22.2. The third-order valence-electron chi connectivity index (χ3n) is 6.59. The van der Waals surface area contributed by atoms with Crippen LogP contribution in [0.1, 0.15) is 52.4 Å². The minimum absolute atomic E-state index is 0.207. The topological polar surface area (TPSA) is 62.0 Å². The van der Waals surface area contributed by atoms with Crippen molar-refractivity contribution < 1.29 is 32.8 Å². The molecule has 37 heavy (non-hydrogen) atoms. The van der Waals surface area contributed by atoms with Gasteiger partial charge >= 0.3 is 0 Å². The van der Waals surface area contributed by atoms with E-state index in [0.717, 1.165) is 68.6 Å². The number of epoxide rings is 2. The van der Waals surface area contributed by atoms with Crippen molar-refractivity contribution in [2.75, 3.05) is 39.6 Å². The summed E-state index contributed by atoms with van der Waals surface area (Å²) in [7, 11) is 0. The normalized spacial score (nSPS) is 19.9. The number of hydrogen-bond donors (Lipinski definition) is 0. The highest BCUT2D eigenvalue weighted by Gasteiger charge is 2.23. The molecule has 4 unspecified atom stereocenters. The Hall–Kier alpha value is -2.19. The fraction of sp³-hybridized carbons (Fsp3) is 0.600. The Kier molecular flexibility index (Phi) is 11.0. The molecular weight excluding hydrogens is 475 g/mol. The van der Waals surface area contributed by atoms with Gasteiger partial charge in [-0.25, -0.2) is 4.39 Å². The Bertz CT molecular complexity index is 928. The fourth-order valence-electron chi connectivity index (χ4n) is 4.02. The second-order valence-corrected chi connectivity index (χ2v) is 10.1. The van der Waals surface area contributed by atoms with E-state index in [4.69, 9.17) is 28.4 Å². The van der Waals surface area contributed by atoms with Gasteiger partial charge in [-0.2, -0.15) is 0 Å². The predicted octanol–water partition coefficient (Wildman–Crippen LogP) is 6.20. The first-order valence-electron chi connectivity index (χ1n) is 13.7. The molecule has 6 nitrogen and oxygen atoms in total. The zero-order valence-electron chi connectivity index (χ0n) is 22.2. The van der Waals surface area contributed by atoms with Crippen LogP contribution in [-0.4, -0.2) is 64.1 Å². The Morgan fingerprint density at radius 1 is 0.757 bits per heavy atom. The smallest absolute Gasteiger partial charge is 0.165 e. The summed E-state index contributed by atoms with van der Waals surface area (Å²) < 4.78 is 47.9. The number of unbranched alkanes of at least 4 members (excludes halogenated alkanes) is 2. The van der Waals surface area contributed by atoms with Crippen LogP contribution in [0.2, 0.25) is 0 Å². The molecular formula is C30H41FO6. The number of halogens is 1. The monoisotopic (exact) mass is 516 g/mol. The van der Waals surface area contributed by atoms with E-state index in [1.165, 1.54) is 6.07 Å². The van der Waals surface area contributed by atoms with Gasteiger partial charge in [0.15, 0.2) is 11.6 Å². The average Bonchev–Trinajstić information content (AvgIpc) is 3.82. The quantitative estimate of drug-likeness (QED) is 0.164. The van der Waals surface area contributed by atoms with E-state index in [1.807, 2.05) is 30.3 Å². The van der Waals surface area contributed by atoms with E-state index in [1.54, 1.807) is 6.07 Å². The number of rotatable bonds is 19. The van der Waals surface area contributed by atoms with Crippen molar-refractivity contribution in [1.29, 1.82) is 0 Å². The minimum atomic E-state index is -0.346. The molecule has 2 aromatic rings. The molecule has 4 rings (SSSR count). The maximum absolute atomic E-state index is 14.6. The average molecular weight is 517 g/mol. The first-order valence-corrected chi connectivity index (χ1v) is 13.7. The van der Waals surface area contributed by atoms with Crippen molar-refractivity contribution in [3.05, 3.63) is 48.3 Å². The molecule has 7 heteroatoms. The van der Waals surface area contributed by atoms with Crippen LogP contribution in [0.25, 0.3) is 11.1 Å². The van der Waals surface area contributed by atoms with Gasteiger partial charge in [-0.1, -0.05) is 18.2 Å². The SMILES string of the molecule is CC(CCCCOc1ccc(-c2ccc(OCCCCC(C)OCC3CO3)c(F)c2)cc1)OCC1CO1. The first kappa shape index (κ1) is 27.8. The lowest BCUT2D eigenvalue weighted by Crippen LogP contribution is -2.12. The zero-order chi connectivity index (χ0) is 25.9. The van der Waals surface area contributed by atoms with E-state index < -0.39 is 0 Å². The summed E-state index contributed by atoms with van der Waals surface area (Å²) in [6.45, 7) is 8.37. The lowest BCUT2D eigenvalue weighted by Gasteiger charge is -2.13. The van der Waals surface area contributed by atoms with E-state index in [0.29, 0.717) is 44.4 Å². The largest absolute Gasteiger partial charge is 0.494 e. The molecule has 2 aliphatic rings. The second-order valence-electron chi connectivity index (χ2n) is 10.1. The highest BCUT2D eigenvalue weighted by molar-refractivity contribution is 5.65. The molecule has 0 aliphatic carbocycles. The van der Waals surface area contributed by atoms with Gasteiger partial charge in [0.1, 0.15) is 18.0 Å². The van der Waals surface area contributed by atoms with Crippen molar-refractivity contribution >= 4 is 0 Å². The molecule has 2 saturated heterocycles. The van der Waals surface area contributed by atoms with Crippen molar-refractivity contribution in [1.82, 2.24) is 0 Å². The molecule has 0 amide bonds. The van der Waals surface area contributed by atoms with Crippen LogP contribution in [0.3, 0.4) is 0 Å². The van der Waals surface area contributed by atoms with Crippen molar-refractivity contribution in [2.45, 2.75) is 76.8 Å². The molecule has 0 aromatic heterocycles. The van der Waals surface area contributed by atoms with Gasteiger partial charge in [-0.05, 0) is 87.8 Å². The van der Waals surface area contributed by atoms with Crippen molar-refractivity contribution in [3.8, 4) is 22.6 Å². The fourth-order valence-corrected chi connectivity index (χ4v) is 4.02. The summed E-state index contributed by atoms with van der Waals surface area (Å²) >= 11 is 0. The van der Waals surface area contributed by atoms with Gasteiger partial charge in [0.25, 0.3) is 0 Å². The van der Waals surface area contributed by atoms with Gasteiger partial charge in [0.05, 0.1) is 51.8 Å². The van der Waals surface area contributed by atoms with Crippen LogP contribution in [0, 0.1) is 5.82 Å². The van der Waals surface area contributed by atoms with E-state index in [2.05, 4.69) is 13.8 Å². The molecule has 204 valence electrons. The number of benzene rings is 2. The summed E-state index contributed by atoms with van der Waals surface area (Å²) in [6.07, 6.45) is 6.93. The maximum atomic E-state index is 14.6. The second kappa shape index (κ2) is 14.7. The molecule has 0 saturated carbocycles. The number of hydrogen-bond acceptors (Lipinski definition) is 6. The molecule has 4 atom stereocenters.